The lowest BCUT2D eigenvalue weighted by Crippen LogP contribution is -2.43. The Bertz CT molecular complexity index is 438. The fraction of sp³-hybridized carbons (Fsp3) is 0.692. The van der Waals surface area contributed by atoms with Crippen molar-refractivity contribution in [2.24, 2.45) is 7.05 Å². The van der Waals surface area contributed by atoms with Gasteiger partial charge in [-0.05, 0) is 12.8 Å². The summed E-state index contributed by atoms with van der Waals surface area (Å²) in [6.45, 7) is 0.314. The van der Waals surface area contributed by atoms with E-state index in [2.05, 4.69) is 5.10 Å². The van der Waals surface area contributed by atoms with E-state index in [9.17, 15) is 9.90 Å². The van der Waals surface area contributed by atoms with Crippen LogP contribution in [0.4, 0.5) is 5.69 Å². The summed E-state index contributed by atoms with van der Waals surface area (Å²) in [7, 11) is 1.74. The number of anilines is 1. The summed E-state index contributed by atoms with van der Waals surface area (Å²) in [5.41, 5.74) is 6.50. The molecule has 0 bridgehead atoms. The van der Waals surface area contributed by atoms with Crippen LogP contribution in [0.25, 0.3) is 0 Å². The molecule has 6 heteroatoms. The van der Waals surface area contributed by atoms with Gasteiger partial charge in [-0.1, -0.05) is 19.3 Å². The molecule has 106 valence electrons. The second-order valence-electron chi connectivity index (χ2n) is 5.12. The van der Waals surface area contributed by atoms with Crippen LogP contribution >= 0.6 is 0 Å². The van der Waals surface area contributed by atoms with Crippen LogP contribution in [0.15, 0.2) is 6.20 Å². The molecular weight excluding hydrogens is 244 g/mol. The van der Waals surface area contributed by atoms with Crippen LogP contribution in [-0.2, 0) is 7.05 Å². The van der Waals surface area contributed by atoms with Gasteiger partial charge < -0.3 is 15.7 Å². The molecular formula is C13H22N4O2. The van der Waals surface area contributed by atoms with Crippen molar-refractivity contribution in [3.05, 3.63) is 11.9 Å². The Hall–Kier alpha value is -1.56. The van der Waals surface area contributed by atoms with Gasteiger partial charge in [0.15, 0.2) is 5.69 Å². The van der Waals surface area contributed by atoms with Crippen molar-refractivity contribution < 1.29 is 9.90 Å². The number of carbonyl (C=O) groups excluding carboxylic acids is 1. The average molecular weight is 266 g/mol. The second kappa shape index (κ2) is 6.06. The molecule has 1 heterocycles. The van der Waals surface area contributed by atoms with Crippen LogP contribution in [0.5, 0.6) is 0 Å². The fourth-order valence-corrected chi connectivity index (χ4v) is 2.76. The zero-order chi connectivity index (χ0) is 13.8. The molecule has 19 heavy (non-hydrogen) atoms. The van der Waals surface area contributed by atoms with Gasteiger partial charge in [-0.2, -0.15) is 5.10 Å². The van der Waals surface area contributed by atoms with Gasteiger partial charge in [0.05, 0.1) is 12.3 Å². The molecule has 0 saturated heterocycles. The van der Waals surface area contributed by atoms with Gasteiger partial charge in [-0.15, -0.1) is 0 Å². The topological polar surface area (TPSA) is 84.4 Å². The van der Waals surface area contributed by atoms with E-state index in [1.807, 2.05) is 0 Å². The first-order valence-corrected chi connectivity index (χ1v) is 6.84. The lowest BCUT2D eigenvalue weighted by Gasteiger charge is -2.33. The van der Waals surface area contributed by atoms with E-state index in [1.165, 1.54) is 6.42 Å². The van der Waals surface area contributed by atoms with E-state index in [0.29, 0.717) is 17.9 Å². The van der Waals surface area contributed by atoms with E-state index in [-0.39, 0.29) is 18.6 Å². The number of aryl methyl sites for hydroxylation is 1. The quantitative estimate of drug-likeness (QED) is 0.843. The maximum absolute atomic E-state index is 12.5. The standard InChI is InChI=1S/C13H22N4O2/c1-16-9-11(14)12(15-16)13(19)17(7-8-18)10-5-3-2-4-6-10/h9-10,18H,2-8,14H2,1H3. The summed E-state index contributed by atoms with van der Waals surface area (Å²) < 4.78 is 1.54. The number of aliphatic hydroxyl groups is 1. The fourth-order valence-electron chi connectivity index (χ4n) is 2.76. The molecule has 3 N–H and O–H groups in total. The third kappa shape index (κ3) is 3.07. The first-order valence-electron chi connectivity index (χ1n) is 6.84. The largest absolute Gasteiger partial charge is 0.396 e. The number of rotatable bonds is 4. The van der Waals surface area contributed by atoms with Crippen LogP contribution in [0.1, 0.15) is 42.6 Å². The number of aliphatic hydroxyl groups excluding tert-OH is 1. The van der Waals surface area contributed by atoms with Crippen molar-refractivity contribution >= 4 is 11.6 Å². The molecule has 0 unspecified atom stereocenters. The van der Waals surface area contributed by atoms with Crippen LogP contribution in [0.2, 0.25) is 0 Å². The first kappa shape index (κ1) is 13.9. The van der Waals surface area contributed by atoms with Crippen molar-refractivity contribution in [1.29, 1.82) is 0 Å². The number of nitrogens with zero attached hydrogens (tertiary/aromatic N) is 3. The molecule has 1 amide bonds. The monoisotopic (exact) mass is 266 g/mol. The second-order valence-corrected chi connectivity index (χ2v) is 5.12. The summed E-state index contributed by atoms with van der Waals surface area (Å²) in [6, 6.07) is 0.204. The Balaban J connectivity index is 2.17. The van der Waals surface area contributed by atoms with Gasteiger partial charge in [0, 0.05) is 25.8 Å². The van der Waals surface area contributed by atoms with E-state index in [0.717, 1.165) is 25.7 Å². The number of hydrogen-bond acceptors (Lipinski definition) is 4. The maximum atomic E-state index is 12.5. The smallest absolute Gasteiger partial charge is 0.276 e. The molecule has 1 saturated carbocycles. The summed E-state index contributed by atoms with van der Waals surface area (Å²) >= 11 is 0. The van der Waals surface area contributed by atoms with Crippen LogP contribution < -0.4 is 5.73 Å². The predicted molar refractivity (Wildman–Crippen MR) is 72.6 cm³/mol. The summed E-state index contributed by atoms with van der Waals surface area (Å²) in [4.78, 5) is 14.3. The number of hydrogen-bond donors (Lipinski definition) is 2. The molecule has 1 fully saturated rings. The molecule has 1 aliphatic carbocycles. The third-order valence-electron chi connectivity index (χ3n) is 3.68. The molecule has 2 rings (SSSR count). The minimum Gasteiger partial charge on any atom is -0.396 e. The Labute approximate surface area is 113 Å². The maximum Gasteiger partial charge on any atom is 0.276 e. The molecule has 0 aliphatic heterocycles. The minimum atomic E-state index is -0.168. The Morgan fingerprint density at radius 1 is 1.53 bits per heavy atom. The van der Waals surface area contributed by atoms with Crippen molar-refractivity contribution in [2.75, 3.05) is 18.9 Å². The Morgan fingerprint density at radius 2 is 2.21 bits per heavy atom. The van der Waals surface area contributed by atoms with E-state index in [1.54, 1.807) is 22.8 Å². The average Bonchev–Trinajstić information content (AvgIpc) is 2.75. The van der Waals surface area contributed by atoms with Gasteiger partial charge in [0.25, 0.3) is 5.91 Å². The van der Waals surface area contributed by atoms with Crippen LogP contribution in [0.3, 0.4) is 0 Å². The third-order valence-corrected chi connectivity index (χ3v) is 3.68. The van der Waals surface area contributed by atoms with Crippen molar-refractivity contribution in [3.63, 3.8) is 0 Å². The number of nitrogens with two attached hydrogens (primary N) is 1. The van der Waals surface area contributed by atoms with Gasteiger partial charge in [-0.3, -0.25) is 9.48 Å². The van der Waals surface area contributed by atoms with E-state index >= 15 is 0 Å². The van der Waals surface area contributed by atoms with Gasteiger partial charge >= 0.3 is 0 Å². The summed E-state index contributed by atoms with van der Waals surface area (Å²) in [6.07, 6.45) is 7.13. The van der Waals surface area contributed by atoms with E-state index in [4.69, 9.17) is 5.73 Å². The zero-order valence-corrected chi connectivity index (χ0v) is 11.4. The summed E-state index contributed by atoms with van der Waals surface area (Å²) in [5.74, 6) is -0.168. The summed E-state index contributed by atoms with van der Waals surface area (Å²) in [5, 5.41) is 13.3. The van der Waals surface area contributed by atoms with E-state index < -0.39 is 0 Å². The van der Waals surface area contributed by atoms with Gasteiger partial charge in [0.2, 0.25) is 0 Å². The van der Waals surface area contributed by atoms with Crippen LogP contribution in [0, 0.1) is 0 Å². The number of aromatic nitrogens is 2. The molecule has 6 nitrogen and oxygen atoms in total. The molecule has 0 atom stereocenters. The number of amides is 1. The minimum absolute atomic E-state index is 0.0328. The first-order chi connectivity index (χ1) is 9.13. The Morgan fingerprint density at radius 3 is 2.74 bits per heavy atom. The normalized spacial score (nSPS) is 16.5. The SMILES string of the molecule is Cn1cc(N)c(C(=O)N(CCO)C2CCCCC2)n1. The highest BCUT2D eigenvalue weighted by molar-refractivity contribution is 5.97. The molecule has 0 aromatic carbocycles. The van der Waals surface area contributed by atoms with Crippen molar-refractivity contribution in [2.45, 2.75) is 38.1 Å². The van der Waals surface area contributed by atoms with Crippen LogP contribution in [-0.4, -0.2) is 44.9 Å². The highest BCUT2D eigenvalue weighted by Crippen LogP contribution is 2.24. The lowest BCUT2D eigenvalue weighted by molar-refractivity contribution is 0.0580. The molecule has 1 aliphatic rings. The Kier molecular flexibility index (Phi) is 4.42. The van der Waals surface area contributed by atoms with Crippen molar-refractivity contribution in [1.82, 2.24) is 14.7 Å². The highest BCUT2D eigenvalue weighted by atomic mass is 16.3. The van der Waals surface area contributed by atoms with Gasteiger partial charge in [-0.25, -0.2) is 0 Å². The molecule has 0 radical (unpaired) electrons. The molecule has 1 aromatic heterocycles. The van der Waals surface area contributed by atoms with Crippen molar-refractivity contribution in [3.8, 4) is 0 Å². The number of nitrogen functional groups attached to an aromatic ring is 1. The van der Waals surface area contributed by atoms with Gasteiger partial charge in [0.1, 0.15) is 0 Å². The molecule has 0 spiro atoms. The number of carbonyl (C=O) groups is 1. The zero-order valence-electron chi connectivity index (χ0n) is 11.4. The highest BCUT2D eigenvalue weighted by Gasteiger charge is 2.28. The predicted octanol–water partition coefficient (Wildman–Crippen LogP) is 0.769. The lowest BCUT2D eigenvalue weighted by atomic mass is 9.94. The molecule has 1 aromatic rings.